The summed E-state index contributed by atoms with van der Waals surface area (Å²) in [6.45, 7) is 7.71. The largest absolute Gasteiger partial charge is 0.496 e. The van der Waals surface area contributed by atoms with Crippen LogP contribution in [-0.2, 0) is 20.9 Å². The van der Waals surface area contributed by atoms with Crippen LogP contribution in [-0.4, -0.2) is 69.8 Å². The third-order valence-corrected chi connectivity index (χ3v) is 7.15. The second-order valence-electron chi connectivity index (χ2n) is 11.5. The maximum absolute atomic E-state index is 14.1. The quantitative estimate of drug-likeness (QED) is 0.295. The molecule has 9 nitrogen and oxygen atoms in total. The van der Waals surface area contributed by atoms with Crippen molar-refractivity contribution in [3.05, 3.63) is 65.5 Å². The zero-order valence-electron chi connectivity index (χ0n) is 26.0. The van der Waals surface area contributed by atoms with Crippen LogP contribution in [0.25, 0.3) is 11.1 Å². The molecule has 0 saturated carbocycles. The van der Waals surface area contributed by atoms with Crippen LogP contribution in [0.2, 0.25) is 0 Å². The van der Waals surface area contributed by atoms with Gasteiger partial charge in [-0.2, -0.15) is 0 Å². The molecular weight excluding hydrogens is 553 g/mol. The fraction of sp³-hybridized carbons (Fsp3) is 0.394. The van der Waals surface area contributed by atoms with E-state index in [9.17, 15) is 14.0 Å². The van der Waals surface area contributed by atoms with Crippen molar-refractivity contribution in [2.24, 2.45) is 0 Å². The average Bonchev–Trinajstić information content (AvgIpc) is 2.94. The minimum Gasteiger partial charge on any atom is -0.496 e. The van der Waals surface area contributed by atoms with Crippen LogP contribution in [0.4, 0.5) is 15.8 Å². The number of ether oxygens (including phenoxy) is 4. The number of carbonyl (C=O) groups excluding carboxylic acids is 2. The molecule has 10 heteroatoms. The predicted molar refractivity (Wildman–Crippen MR) is 165 cm³/mol. The molecule has 0 saturated heterocycles. The van der Waals surface area contributed by atoms with Gasteiger partial charge in [-0.15, -0.1) is 0 Å². The van der Waals surface area contributed by atoms with Gasteiger partial charge in [0.05, 0.1) is 25.0 Å². The molecule has 1 heterocycles. The van der Waals surface area contributed by atoms with Crippen LogP contribution in [0.15, 0.2) is 48.5 Å². The molecule has 1 aliphatic rings. The van der Waals surface area contributed by atoms with E-state index in [2.05, 4.69) is 5.32 Å². The first-order valence-corrected chi connectivity index (χ1v) is 14.1. The van der Waals surface area contributed by atoms with Gasteiger partial charge in [-0.05, 0) is 77.2 Å². The lowest BCUT2D eigenvalue weighted by Gasteiger charge is -2.39. The molecule has 3 aromatic rings. The topological polar surface area (TPSA) is 89.6 Å². The molecule has 0 aliphatic carbocycles. The monoisotopic (exact) mass is 593 g/mol. The molecule has 1 amide bonds. The van der Waals surface area contributed by atoms with Crippen LogP contribution >= 0.6 is 0 Å². The highest BCUT2D eigenvalue weighted by atomic mass is 19.1. The summed E-state index contributed by atoms with van der Waals surface area (Å²) in [6, 6.07) is 13.7. The molecule has 0 aromatic heterocycles. The normalized spacial score (nSPS) is 14.6. The smallest absolute Gasteiger partial charge is 0.320 e. The van der Waals surface area contributed by atoms with Gasteiger partial charge < -0.3 is 29.2 Å². The molecule has 1 aliphatic heterocycles. The van der Waals surface area contributed by atoms with Crippen molar-refractivity contribution in [2.45, 2.75) is 45.9 Å². The van der Waals surface area contributed by atoms with Gasteiger partial charge in [0.15, 0.2) is 0 Å². The summed E-state index contributed by atoms with van der Waals surface area (Å²) >= 11 is 0. The fourth-order valence-corrected chi connectivity index (χ4v) is 5.06. The SMILES string of the molecule is COc1cc(OC[C@@H](C)OC(=O)CN(C)C)ccc1-c1ccc2c(c1COc1cc(F)ccc1C)N(C)C(=O)C(C)(C)N2. The average molecular weight is 594 g/mol. The first kappa shape index (κ1) is 31.6. The summed E-state index contributed by atoms with van der Waals surface area (Å²) in [5.41, 5.74) is 3.71. The number of methoxy groups -OCH3 is 1. The van der Waals surface area contributed by atoms with Gasteiger partial charge in [-0.3, -0.25) is 14.5 Å². The van der Waals surface area contributed by atoms with Gasteiger partial charge in [0.25, 0.3) is 5.91 Å². The zero-order valence-corrected chi connectivity index (χ0v) is 26.0. The second-order valence-corrected chi connectivity index (χ2v) is 11.5. The van der Waals surface area contributed by atoms with E-state index in [1.165, 1.54) is 12.1 Å². The molecule has 0 radical (unpaired) electrons. The van der Waals surface area contributed by atoms with E-state index >= 15 is 0 Å². The molecule has 0 spiro atoms. The summed E-state index contributed by atoms with van der Waals surface area (Å²) in [5.74, 6) is 0.666. The summed E-state index contributed by atoms with van der Waals surface area (Å²) in [4.78, 5) is 28.6. The number of benzene rings is 3. The third kappa shape index (κ3) is 7.19. The number of halogens is 1. The standard InChI is InChI=1S/C33H40FN3O6/c1-20-9-10-22(34)15-28(20)42-19-26-24(13-14-27-31(26)37(7)32(39)33(3,4)35-27)25-12-11-23(16-29(25)40-8)41-18-21(2)43-30(38)17-36(5)6/h9-16,21,35H,17-19H2,1-8H3/t21-/m1/s1. The third-order valence-electron chi connectivity index (χ3n) is 7.15. The first-order chi connectivity index (χ1) is 20.3. The molecule has 3 aromatic carbocycles. The number of amides is 1. The first-order valence-electron chi connectivity index (χ1n) is 14.1. The maximum atomic E-state index is 14.1. The number of nitrogens with zero attached hydrogens (tertiary/aromatic N) is 2. The number of likely N-dealkylation sites (N-methyl/N-ethyl adjacent to an activating group) is 2. The van der Waals surface area contributed by atoms with E-state index in [4.69, 9.17) is 18.9 Å². The number of hydrogen-bond donors (Lipinski definition) is 1. The lowest BCUT2D eigenvalue weighted by atomic mass is 9.91. The Morgan fingerprint density at radius 1 is 1.05 bits per heavy atom. The molecule has 1 N–H and O–H groups in total. The van der Waals surface area contributed by atoms with Crippen molar-refractivity contribution in [1.82, 2.24) is 4.90 Å². The van der Waals surface area contributed by atoms with Crippen molar-refractivity contribution in [3.63, 3.8) is 0 Å². The highest BCUT2D eigenvalue weighted by Gasteiger charge is 2.38. The van der Waals surface area contributed by atoms with Gasteiger partial charge in [-0.25, -0.2) is 4.39 Å². The van der Waals surface area contributed by atoms with Crippen molar-refractivity contribution >= 4 is 23.3 Å². The Balaban J connectivity index is 1.69. The number of rotatable bonds is 11. The Hall–Kier alpha value is -4.31. The number of aryl methyl sites for hydroxylation is 1. The van der Waals surface area contributed by atoms with E-state index in [1.54, 1.807) is 57.1 Å². The number of carbonyl (C=O) groups is 2. The lowest BCUT2D eigenvalue weighted by molar-refractivity contribution is -0.150. The predicted octanol–water partition coefficient (Wildman–Crippen LogP) is 5.43. The second kappa shape index (κ2) is 12.9. The molecule has 1 atom stereocenters. The number of esters is 1. The lowest BCUT2D eigenvalue weighted by Crippen LogP contribution is -2.52. The molecule has 0 unspecified atom stereocenters. The van der Waals surface area contributed by atoms with Crippen LogP contribution in [0.5, 0.6) is 17.2 Å². The molecule has 43 heavy (non-hydrogen) atoms. The number of hydrogen-bond acceptors (Lipinski definition) is 8. The van der Waals surface area contributed by atoms with Crippen molar-refractivity contribution in [1.29, 1.82) is 0 Å². The number of anilines is 2. The summed E-state index contributed by atoms with van der Waals surface area (Å²) in [5, 5.41) is 3.35. The molecular formula is C33H40FN3O6. The van der Waals surface area contributed by atoms with Crippen LogP contribution in [0.1, 0.15) is 31.9 Å². The Kier molecular flexibility index (Phi) is 9.49. The minimum atomic E-state index is -0.796. The summed E-state index contributed by atoms with van der Waals surface area (Å²) in [7, 11) is 6.90. The summed E-state index contributed by atoms with van der Waals surface area (Å²) < 4.78 is 37.3. The Labute approximate surface area is 252 Å². The van der Waals surface area contributed by atoms with Crippen molar-refractivity contribution in [3.8, 4) is 28.4 Å². The number of nitrogens with one attached hydrogen (secondary N) is 1. The van der Waals surface area contributed by atoms with Gasteiger partial charge in [0.2, 0.25) is 0 Å². The van der Waals surface area contributed by atoms with Gasteiger partial charge in [-0.1, -0.05) is 12.1 Å². The Morgan fingerprint density at radius 2 is 1.77 bits per heavy atom. The van der Waals surface area contributed by atoms with E-state index in [0.29, 0.717) is 22.9 Å². The molecule has 230 valence electrons. The maximum Gasteiger partial charge on any atom is 0.320 e. The van der Waals surface area contributed by atoms with Crippen LogP contribution in [0, 0.1) is 12.7 Å². The van der Waals surface area contributed by atoms with Gasteiger partial charge in [0.1, 0.15) is 47.9 Å². The molecule has 0 fully saturated rings. The summed E-state index contributed by atoms with van der Waals surface area (Å²) in [6.07, 6.45) is -0.446. The zero-order chi connectivity index (χ0) is 31.5. The van der Waals surface area contributed by atoms with Gasteiger partial charge >= 0.3 is 5.97 Å². The highest BCUT2D eigenvalue weighted by molar-refractivity contribution is 6.08. The molecule has 0 bridgehead atoms. The van der Waals surface area contributed by atoms with Crippen molar-refractivity contribution in [2.75, 3.05) is 51.6 Å². The van der Waals surface area contributed by atoms with Crippen molar-refractivity contribution < 1.29 is 32.9 Å². The van der Waals surface area contributed by atoms with E-state index < -0.39 is 17.5 Å². The van der Waals surface area contributed by atoms with Crippen LogP contribution in [0.3, 0.4) is 0 Å². The minimum absolute atomic E-state index is 0.0692. The fourth-order valence-electron chi connectivity index (χ4n) is 5.06. The molecule has 4 rings (SSSR count). The Morgan fingerprint density at radius 3 is 2.47 bits per heavy atom. The van der Waals surface area contributed by atoms with E-state index in [-0.39, 0.29) is 31.6 Å². The number of fused-ring (bicyclic) bond motifs is 1. The highest BCUT2D eigenvalue weighted by Crippen LogP contribution is 2.45. The van der Waals surface area contributed by atoms with E-state index in [0.717, 1.165) is 27.9 Å². The van der Waals surface area contributed by atoms with Gasteiger partial charge in [0, 0.05) is 30.3 Å². The Bertz CT molecular complexity index is 1510. The van der Waals surface area contributed by atoms with E-state index in [1.807, 2.05) is 45.0 Å². The van der Waals surface area contributed by atoms with Crippen LogP contribution < -0.4 is 24.4 Å².